The van der Waals surface area contributed by atoms with Gasteiger partial charge in [-0.2, -0.15) is 4.31 Å². The zero-order chi connectivity index (χ0) is 13.5. The third kappa shape index (κ3) is 2.38. The lowest BCUT2D eigenvalue weighted by molar-refractivity contribution is 0.399. The van der Waals surface area contributed by atoms with Crippen molar-refractivity contribution in [2.45, 2.75) is 13.0 Å². The second kappa shape index (κ2) is 4.77. The molecule has 0 aromatic carbocycles. The molecule has 2 heterocycles. The lowest BCUT2D eigenvalue weighted by Gasteiger charge is -2.24. The van der Waals surface area contributed by atoms with Crippen molar-refractivity contribution in [2.24, 2.45) is 4.99 Å². The maximum absolute atomic E-state index is 11.5. The van der Waals surface area contributed by atoms with Gasteiger partial charge in [-0.3, -0.25) is 4.99 Å². The highest BCUT2D eigenvalue weighted by Crippen LogP contribution is 2.43. The van der Waals surface area contributed by atoms with Gasteiger partial charge in [0.2, 0.25) is 10.0 Å². The van der Waals surface area contributed by atoms with Gasteiger partial charge in [0.1, 0.15) is 5.00 Å². The Bertz CT molecular complexity index is 619. The molecule has 0 amide bonds. The highest BCUT2D eigenvalue weighted by molar-refractivity contribution is 7.88. The standard InChI is InChI=1S/C11H13ClN2O2S2/c1-7(12)10-8-4-5-14(18(3,15)16)6-9(8)17-11(10)13-2/h1-2,4-6H2,3H3. The summed E-state index contributed by atoms with van der Waals surface area (Å²) in [5.74, 6) is 0. The fourth-order valence-electron chi connectivity index (χ4n) is 2.04. The third-order valence-electron chi connectivity index (χ3n) is 2.89. The van der Waals surface area contributed by atoms with Crippen LogP contribution >= 0.6 is 22.9 Å². The Morgan fingerprint density at radius 1 is 1.56 bits per heavy atom. The summed E-state index contributed by atoms with van der Waals surface area (Å²) in [7, 11) is -3.16. The average Bonchev–Trinajstić information content (AvgIpc) is 2.64. The van der Waals surface area contributed by atoms with Crippen LogP contribution in [0.5, 0.6) is 0 Å². The molecule has 0 N–H and O–H groups in total. The number of rotatable bonds is 3. The second-order valence-corrected chi connectivity index (χ2v) is 7.62. The second-order valence-electron chi connectivity index (χ2n) is 4.09. The van der Waals surface area contributed by atoms with E-state index in [9.17, 15) is 8.42 Å². The Kier molecular flexibility index (Phi) is 3.64. The number of nitrogens with zero attached hydrogens (tertiary/aromatic N) is 2. The number of aliphatic imine (C=N–C) groups is 1. The molecule has 18 heavy (non-hydrogen) atoms. The van der Waals surface area contributed by atoms with Gasteiger partial charge >= 0.3 is 0 Å². The van der Waals surface area contributed by atoms with E-state index in [1.165, 1.54) is 21.9 Å². The number of hydrogen-bond acceptors (Lipinski definition) is 4. The summed E-state index contributed by atoms with van der Waals surface area (Å²) in [6.07, 6.45) is 1.86. The van der Waals surface area contributed by atoms with Crippen LogP contribution in [0.2, 0.25) is 0 Å². The van der Waals surface area contributed by atoms with Crippen molar-refractivity contribution in [1.29, 1.82) is 0 Å². The predicted octanol–water partition coefficient (Wildman–Crippen LogP) is 2.61. The van der Waals surface area contributed by atoms with E-state index < -0.39 is 10.0 Å². The summed E-state index contributed by atoms with van der Waals surface area (Å²) >= 11 is 7.41. The maximum atomic E-state index is 11.5. The van der Waals surface area contributed by atoms with Crippen LogP contribution in [0.3, 0.4) is 0 Å². The van der Waals surface area contributed by atoms with E-state index in [4.69, 9.17) is 11.6 Å². The maximum Gasteiger partial charge on any atom is 0.211 e. The molecule has 4 nitrogen and oxygen atoms in total. The van der Waals surface area contributed by atoms with Gasteiger partial charge in [0.25, 0.3) is 0 Å². The van der Waals surface area contributed by atoms with Crippen LogP contribution in [0.25, 0.3) is 5.03 Å². The quantitative estimate of drug-likeness (QED) is 0.806. The van der Waals surface area contributed by atoms with E-state index >= 15 is 0 Å². The average molecular weight is 305 g/mol. The molecule has 0 fully saturated rings. The molecule has 0 bridgehead atoms. The van der Waals surface area contributed by atoms with Gasteiger partial charge in [-0.1, -0.05) is 18.2 Å². The number of halogens is 1. The lowest BCUT2D eigenvalue weighted by atomic mass is 10.0. The summed E-state index contributed by atoms with van der Waals surface area (Å²) in [4.78, 5) is 4.92. The highest BCUT2D eigenvalue weighted by atomic mass is 35.5. The molecule has 0 atom stereocenters. The van der Waals surface area contributed by atoms with Gasteiger partial charge in [0.05, 0.1) is 6.26 Å². The molecule has 1 aliphatic rings. The van der Waals surface area contributed by atoms with E-state index in [0.717, 1.165) is 21.0 Å². The van der Waals surface area contributed by atoms with Crippen LogP contribution < -0.4 is 0 Å². The predicted molar refractivity (Wildman–Crippen MR) is 77.4 cm³/mol. The van der Waals surface area contributed by atoms with Crippen molar-refractivity contribution < 1.29 is 8.42 Å². The minimum absolute atomic E-state index is 0.380. The monoisotopic (exact) mass is 304 g/mol. The lowest BCUT2D eigenvalue weighted by Crippen LogP contribution is -2.34. The van der Waals surface area contributed by atoms with Crippen LogP contribution in [0.1, 0.15) is 16.0 Å². The molecular formula is C11H13ClN2O2S2. The van der Waals surface area contributed by atoms with Crippen molar-refractivity contribution >= 4 is 49.7 Å². The molecule has 0 unspecified atom stereocenters. The molecule has 98 valence electrons. The Morgan fingerprint density at radius 2 is 2.22 bits per heavy atom. The van der Waals surface area contributed by atoms with E-state index in [0.29, 0.717) is 24.5 Å². The summed E-state index contributed by atoms with van der Waals surface area (Å²) in [5, 5.41) is 1.15. The first-order chi connectivity index (χ1) is 8.34. The van der Waals surface area contributed by atoms with Gasteiger partial charge in [-0.05, 0) is 18.7 Å². The van der Waals surface area contributed by atoms with Gasteiger partial charge < -0.3 is 0 Å². The molecule has 0 saturated carbocycles. The van der Waals surface area contributed by atoms with Crippen LogP contribution in [0.15, 0.2) is 11.6 Å². The molecule has 2 rings (SSSR count). The fourth-order valence-corrected chi connectivity index (χ4v) is 4.36. The van der Waals surface area contributed by atoms with Crippen molar-refractivity contribution in [2.75, 3.05) is 12.8 Å². The molecule has 1 aromatic rings. The van der Waals surface area contributed by atoms with E-state index in [1.54, 1.807) is 0 Å². The van der Waals surface area contributed by atoms with Gasteiger partial charge in [-0.25, -0.2) is 8.42 Å². The first-order valence-electron chi connectivity index (χ1n) is 5.25. The van der Waals surface area contributed by atoms with Crippen molar-refractivity contribution in [3.05, 3.63) is 22.6 Å². The number of sulfonamides is 1. The first-order valence-corrected chi connectivity index (χ1v) is 8.30. The fraction of sp³-hybridized carbons (Fsp3) is 0.364. The first kappa shape index (κ1) is 13.7. The van der Waals surface area contributed by atoms with E-state index in [-0.39, 0.29) is 0 Å². The van der Waals surface area contributed by atoms with Crippen LogP contribution in [0.4, 0.5) is 5.00 Å². The summed E-state index contributed by atoms with van der Waals surface area (Å²) in [6, 6.07) is 0. The number of fused-ring (bicyclic) bond motifs is 1. The minimum Gasteiger partial charge on any atom is -0.253 e. The smallest absolute Gasteiger partial charge is 0.211 e. The SMILES string of the molecule is C=Nc1sc2c(c1C(=C)Cl)CCN(S(C)(=O)=O)C2. The van der Waals surface area contributed by atoms with Crippen LogP contribution in [0, 0.1) is 0 Å². The minimum atomic E-state index is -3.16. The number of hydrogen-bond donors (Lipinski definition) is 0. The number of thiophene rings is 1. The normalized spacial score (nSPS) is 16.3. The molecule has 0 saturated heterocycles. The molecule has 0 spiro atoms. The van der Waals surface area contributed by atoms with Gasteiger partial charge in [0, 0.05) is 28.6 Å². The van der Waals surface area contributed by atoms with E-state index in [2.05, 4.69) is 18.3 Å². The van der Waals surface area contributed by atoms with Crippen molar-refractivity contribution in [1.82, 2.24) is 4.31 Å². The molecule has 1 aromatic heterocycles. The Labute approximate surface area is 116 Å². The zero-order valence-corrected chi connectivity index (χ0v) is 12.3. The molecular weight excluding hydrogens is 292 g/mol. The molecule has 1 aliphatic heterocycles. The third-order valence-corrected chi connectivity index (χ3v) is 5.47. The summed E-state index contributed by atoms with van der Waals surface area (Å²) in [6.45, 7) is 8.10. The summed E-state index contributed by atoms with van der Waals surface area (Å²) < 4.78 is 24.5. The topological polar surface area (TPSA) is 49.7 Å². The van der Waals surface area contributed by atoms with Crippen LogP contribution in [-0.4, -0.2) is 32.2 Å². The van der Waals surface area contributed by atoms with E-state index in [1.807, 2.05) is 0 Å². The molecule has 0 aliphatic carbocycles. The summed E-state index contributed by atoms with van der Waals surface area (Å²) in [5.41, 5.74) is 1.88. The Balaban J connectivity index is 2.47. The largest absolute Gasteiger partial charge is 0.253 e. The van der Waals surface area contributed by atoms with Crippen molar-refractivity contribution in [3.8, 4) is 0 Å². The van der Waals surface area contributed by atoms with Crippen LogP contribution in [-0.2, 0) is 23.0 Å². The zero-order valence-electron chi connectivity index (χ0n) is 9.94. The highest BCUT2D eigenvalue weighted by Gasteiger charge is 2.28. The van der Waals surface area contributed by atoms with Gasteiger partial charge in [0.15, 0.2) is 0 Å². The Hall–Kier alpha value is -0.690. The molecule has 7 heteroatoms. The van der Waals surface area contributed by atoms with Gasteiger partial charge in [-0.15, -0.1) is 11.3 Å². The van der Waals surface area contributed by atoms with Crippen molar-refractivity contribution in [3.63, 3.8) is 0 Å². The Morgan fingerprint density at radius 3 is 2.72 bits per heavy atom. The molecule has 0 radical (unpaired) electrons.